The first-order valence-corrected chi connectivity index (χ1v) is 6.11. The van der Waals surface area contributed by atoms with Gasteiger partial charge in [-0.2, -0.15) is 13.2 Å². The summed E-state index contributed by atoms with van der Waals surface area (Å²) in [4.78, 5) is 0. The van der Waals surface area contributed by atoms with E-state index in [-0.39, 0.29) is 6.04 Å². The summed E-state index contributed by atoms with van der Waals surface area (Å²) in [7, 11) is 0. The van der Waals surface area contributed by atoms with Crippen molar-refractivity contribution in [3.63, 3.8) is 0 Å². The first kappa shape index (κ1) is 11.8. The average molecular weight is 257 g/mol. The van der Waals surface area contributed by atoms with Crippen molar-refractivity contribution in [2.45, 2.75) is 25.1 Å². The Morgan fingerprint density at radius 3 is 2.72 bits per heavy atom. The first-order valence-electron chi connectivity index (χ1n) is 6.11. The maximum Gasteiger partial charge on any atom is 0.416 e. The fourth-order valence-corrected chi connectivity index (χ4v) is 2.19. The highest BCUT2D eigenvalue weighted by Gasteiger charge is 2.34. The van der Waals surface area contributed by atoms with Gasteiger partial charge >= 0.3 is 6.18 Å². The fraction of sp³-hybridized carbons (Fsp3) is 0.538. The van der Waals surface area contributed by atoms with Crippen LogP contribution < -0.4 is 10.1 Å². The number of ether oxygens (including phenoxy) is 1. The number of benzene rings is 1. The van der Waals surface area contributed by atoms with Gasteiger partial charge in [0.25, 0.3) is 0 Å². The Kier molecular flexibility index (Phi) is 2.73. The molecule has 2 aliphatic rings. The van der Waals surface area contributed by atoms with Gasteiger partial charge in [0.05, 0.1) is 11.6 Å². The second-order valence-electron chi connectivity index (χ2n) is 4.97. The summed E-state index contributed by atoms with van der Waals surface area (Å²) in [6.45, 7) is 1.35. The maximum atomic E-state index is 12.5. The minimum atomic E-state index is -4.31. The normalized spacial score (nSPS) is 22.7. The number of alkyl halides is 3. The van der Waals surface area contributed by atoms with Crippen LogP contribution in [0.2, 0.25) is 0 Å². The molecule has 0 saturated heterocycles. The zero-order valence-electron chi connectivity index (χ0n) is 9.76. The largest absolute Gasteiger partial charge is 0.491 e. The number of hydrogen-bond acceptors (Lipinski definition) is 2. The molecule has 1 heterocycles. The lowest BCUT2D eigenvalue weighted by Gasteiger charge is -2.11. The SMILES string of the molecule is FC(F)(F)c1ccc2c(c1)OC[C@@H]2NCC1CC1. The van der Waals surface area contributed by atoms with Crippen LogP contribution in [0.15, 0.2) is 18.2 Å². The highest BCUT2D eigenvalue weighted by molar-refractivity contribution is 5.43. The van der Waals surface area contributed by atoms with Crippen molar-refractivity contribution < 1.29 is 17.9 Å². The second-order valence-corrected chi connectivity index (χ2v) is 4.97. The third-order valence-corrected chi connectivity index (χ3v) is 3.47. The molecule has 0 spiro atoms. The summed E-state index contributed by atoms with van der Waals surface area (Å²) in [5, 5.41) is 3.35. The molecule has 1 fully saturated rings. The molecule has 1 aliphatic heterocycles. The van der Waals surface area contributed by atoms with Gasteiger partial charge in [-0.1, -0.05) is 6.07 Å². The molecular formula is C13H14F3NO. The van der Waals surface area contributed by atoms with Gasteiger partial charge in [-0.05, 0) is 37.4 Å². The molecule has 3 rings (SSSR count). The van der Waals surface area contributed by atoms with Crippen LogP contribution in [0.1, 0.15) is 30.0 Å². The zero-order valence-corrected chi connectivity index (χ0v) is 9.76. The summed E-state index contributed by atoms with van der Waals surface area (Å²) in [5.41, 5.74) is 0.188. The van der Waals surface area contributed by atoms with Crippen molar-refractivity contribution in [3.8, 4) is 5.75 Å². The Morgan fingerprint density at radius 1 is 1.28 bits per heavy atom. The van der Waals surface area contributed by atoms with E-state index in [4.69, 9.17) is 4.74 Å². The molecule has 1 aromatic rings. The molecule has 98 valence electrons. The van der Waals surface area contributed by atoms with Crippen LogP contribution in [0.25, 0.3) is 0 Å². The number of hydrogen-bond donors (Lipinski definition) is 1. The average Bonchev–Trinajstić information content (AvgIpc) is 3.05. The first-order chi connectivity index (χ1) is 8.54. The standard InChI is InChI=1S/C13H14F3NO/c14-13(15,16)9-3-4-10-11(7-18-12(10)5-9)17-6-8-1-2-8/h3-5,8,11,17H,1-2,6-7H2/t11-/m0/s1. The Hall–Kier alpha value is -1.23. The van der Waals surface area contributed by atoms with Gasteiger partial charge in [0.2, 0.25) is 0 Å². The molecule has 0 amide bonds. The van der Waals surface area contributed by atoms with E-state index in [1.165, 1.54) is 18.9 Å². The number of nitrogens with one attached hydrogen (secondary N) is 1. The third-order valence-electron chi connectivity index (χ3n) is 3.47. The Morgan fingerprint density at radius 2 is 2.06 bits per heavy atom. The lowest BCUT2D eigenvalue weighted by molar-refractivity contribution is -0.137. The van der Waals surface area contributed by atoms with E-state index >= 15 is 0 Å². The maximum absolute atomic E-state index is 12.5. The molecule has 1 atom stereocenters. The smallest absolute Gasteiger partial charge is 0.416 e. The topological polar surface area (TPSA) is 21.3 Å². The van der Waals surface area contributed by atoms with Crippen LogP contribution in [-0.4, -0.2) is 13.2 Å². The minimum Gasteiger partial charge on any atom is -0.491 e. The van der Waals surface area contributed by atoms with Crippen molar-refractivity contribution in [1.82, 2.24) is 5.32 Å². The van der Waals surface area contributed by atoms with Gasteiger partial charge < -0.3 is 10.1 Å². The number of rotatable bonds is 3. The summed E-state index contributed by atoms with van der Waals surface area (Å²) in [6, 6.07) is 3.77. The van der Waals surface area contributed by atoms with E-state index < -0.39 is 11.7 Å². The number of fused-ring (bicyclic) bond motifs is 1. The molecule has 5 heteroatoms. The molecule has 18 heavy (non-hydrogen) atoms. The van der Waals surface area contributed by atoms with Crippen LogP contribution in [0.5, 0.6) is 5.75 Å². The summed E-state index contributed by atoms with van der Waals surface area (Å²) in [5.74, 6) is 1.10. The van der Waals surface area contributed by atoms with E-state index in [9.17, 15) is 13.2 Å². The highest BCUT2D eigenvalue weighted by Crippen LogP contribution is 2.38. The second kappa shape index (κ2) is 4.16. The minimum absolute atomic E-state index is 0.0304. The van der Waals surface area contributed by atoms with Crippen LogP contribution >= 0.6 is 0 Å². The van der Waals surface area contributed by atoms with Crippen molar-refractivity contribution in [3.05, 3.63) is 29.3 Å². The molecule has 2 nitrogen and oxygen atoms in total. The van der Waals surface area contributed by atoms with Crippen molar-refractivity contribution in [2.24, 2.45) is 5.92 Å². The van der Waals surface area contributed by atoms with Crippen LogP contribution in [0.4, 0.5) is 13.2 Å². The number of halogens is 3. The quantitative estimate of drug-likeness (QED) is 0.898. The molecular weight excluding hydrogens is 243 g/mol. The molecule has 1 aromatic carbocycles. The van der Waals surface area contributed by atoms with Crippen molar-refractivity contribution in [2.75, 3.05) is 13.2 Å². The van der Waals surface area contributed by atoms with Crippen LogP contribution in [0, 0.1) is 5.92 Å². The molecule has 0 bridgehead atoms. The molecule has 0 radical (unpaired) electrons. The van der Waals surface area contributed by atoms with E-state index in [0.29, 0.717) is 12.4 Å². The van der Waals surface area contributed by atoms with Crippen LogP contribution in [0.3, 0.4) is 0 Å². The lowest BCUT2D eigenvalue weighted by Crippen LogP contribution is -2.24. The lowest BCUT2D eigenvalue weighted by atomic mass is 10.1. The predicted molar refractivity (Wildman–Crippen MR) is 60.4 cm³/mol. The van der Waals surface area contributed by atoms with E-state index in [1.807, 2.05) is 0 Å². The highest BCUT2D eigenvalue weighted by atomic mass is 19.4. The fourth-order valence-electron chi connectivity index (χ4n) is 2.19. The van der Waals surface area contributed by atoms with Gasteiger partial charge in [0, 0.05) is 5.56 Å². The van der Waals surface area contributed by atoms with Gasteiger partial charge in [0.15, 0.2) is 0 Å². The molecule has 0 unspecified atom stereocenters. The van der Waals surface area contributed by atoms with Crippen molar-refractivity contribution >= 4 is 0 Å². The predicted octanol–water partition coefficient (Wildman–Crippen LogP) is 3.14. The summed E-state index contributed by atoms with van der Waals surface area (Å²) in [6.07, 6.45) is -1.81. The molecule has 0 aromatic heterocycles. The molecule has 1 N–H and O–H groups in total. The summed E-state index contributed by atoms with van der Waals surface area (Å²) < 4.78 is 43.0. The third kappa shape index (κ3) is 2.32. The van der Waals surface area contributed by atoms with Gasteiger partial charge in [-0.3, -0.25) is 0 Å². The Balaban J connectivity index is 1.75. The summed E-state index contributed by atoms with van der Waals surface area (Å²) >= 11 is 0. The Labute approximate surface area is 103 Å². The Bertz CT molecular complexity index is 454. The van der Waals surface area contributed by atoms with Gasteiger partial charge in [-0.15, -0.1) is 0 Å². The van der Waals surface area contributed by atoms with Crippen molar-refractivity contribution in [1.29, 1.82) is 0 Å². The van der Waals surface area contributed by atoms with Gasteiger partial charge in [-0.25, -0.2) is 0 Å². The van der Waals surface area contributed by atoms with E-state index in [0.717, 1.165) is 30.2 Å². The zero-order chi connectivity index (χ0) is 12.8. The molecule has 1 saturated carbocycles. The van der Waals surface area contributed by atoms with Gasteiger partial charge in [0.1, 0.15) is 12.4 Å². The monoisotopic (exact) mass is 257 g/mol. The molecule has 1 aliphatic carbocycles. The van der Waals surface area contributed by atoms with E-state index in [2.05, 4.69) is 5.32 Å². The van der Waals surface area contributed by atoms with Crippen LogP contribution in [-0.2, 0) is 6.18 Å². The van der Waals surface area contributed by atoms with E-state index in [1.54, 1.807) is 0 Å².